The minimum atomic E-state index is 1.20. The van der Waals surface area contributed by atoms with Crippen LogP contribution in [0.2, 0.25) is 0 Å². The van der Waals surface area contributed by atoms with Crippen molar-refractivity contribution in [2.75, 3.05) is 11.9 Å². The highest BCUT2D eigenvalue weighted by Gasteiger charge is 2.14. The van der Waals surface area contributed by atoms with Crippen molar-refractivity contribution in [1.29, 1.82) is 0 Å². The Morgan fingerprint density at radius 1 is 0.500 bits per heavy atom. The number of anilines is 2. The molecule has 5 aromatic rings. The normalized spacial score (nSPS) is 11.0. The second-order valence-electron chi connectivity index (χ2n) is 7.10. The lowest BCUT2D eigenvalue weighted by Crippen LogP contribution is -2.11. The number of nitrogens with zero attached hydrogens (tertiary/aromatic N) is 1. The molecule has 5 rings (SSSR count). The summed E-state index contributed by atoms with van der Waals surface area (Å²) in [5, 5.41) is 5.12. The Kier molecular flexibility index (Phi) is 4.06. The van der Waals surface area contributed by atoms with Crippen molar-refractivity contribution in [2.24, 2.45) is 0 Å². The van der Waals surface area contributed by atoms with Crippen LogP contribution in [0.25, 0.3) is 32.7 Å². The Hall–Kier alpha value is -3.58. The van der Waals surface area contributed by atoms with Crippen molar-refractivity contribution in [3.05, 3.63) is 109 Å². The van der Waals surface area contributed by atoms with Gasteiger partial charge in [-0.3, -0.25) is 0 Å². The lowest BCUT2D eigenvalue weighted by Gasteiger charge is -2.25. The summed E-state index contributed by atoms with van der Waals surface area (Å²) in [6.45, 7) is 0. The van der Waals surface area contributed by atoms with Gasteiger partial charge in [-0.25, -0.2) is 0 Å². The Balaban J connectivity index is 1.76. The first-order valence-corrected chi connectivity index (χ1v) is 9.61. The molecule has 134 valence electrons. The fourth-order valence-electron chi connectivity index (χ4n) is 4.07. The number of hydrogen-bond acceptors (Lipinski definition) is 1. The first-order valence-electron chi connectivity index (χ1n) is 9.61. The van der Waals surface area contributed by atoms with Gasteiger partial charge in [0.2, 0.25) is 0 Å². The standard InChI is InChI=1S/C27H21N/c1-28(26-18-10-9-15-23(26)20-11-3-2-4-12-20)27-19-21-13-5-6-14-22(21)24-16-7-8-17-25(24)27/h2-19H,1H3. The predicted octanol–water partition coefficient (Wildman–Crippen LogP) is 7.43. The molecule has 0 amide bonds. The number of rotatable bonds is 3. The molecule has 0 unspecified atom stereocenters. The van der Waals surface area contributed by atoms with Crippen LogP contribution in [0.3, 0.4) is 0 Å². The van der Waals surface area contributed by atoms with Crippen LogP contribution in [-0.4, -0.2) is 7.05 Å². The van der Waals surface area contributed by atoms with Gasteiger partial charge in [0.25, 0.3) is 0 Å². The lowest BCUT2D eigenvalue weighted by molar-refractivity contribution is 1.23. The van der Waals surface area contributed by atoms with Gasteiger partial charge in [0.1, 0.15) is 0 Å². The van der Waals surface area contributed by atoms with Gasteiger partial charge in [0.15, 0.2) is 0 Å². The number of fused-ring (bicyclic) bond motifs is 3. The average molecular weight is 359 g/mol. The predicted molar refractivity (Wildman–Crippen MR) is 121 cm³/mol. The summed E-state index contributed by atoms with van der Waals surface area (Å²) in [5.74, 6) is 0. The Bertz CT molecular complexity index is 1270. The molecule has 0 radical (unpaired) electrons. The van der Waals surface area contributed by atoms with Crippen molar-refractivity contribution < 1.29 is 0 Å². The van der Waals surface area contributed by atoms with Crippen LogP contribution in [0.5, 0.6) is 0 Å². The van der Waals surface area contributed by atoms with Gasteiger partial charge in [0, 0.05) is 29.4 Å². The maximum Gasteiger partial charge on any atom is 0.0494 e. The molecule has 0 aliphatic heterocycles. The lowest BCUT2D eigenvalue weighted by atomic mass is 9.98. The molecular weight excluding hydrogens is 338 g/mol. The van der Waals surface area contributed by atoms with Crippen LogP contribution in [0.1, 0.15) is 0 Å². The zero-order valence-electron chi connectivity index (χ0n) is 15.8. The maximum atomic E-state index is 2.32. The monoisotopic (exact) mass is 359 g/mol. The molecule has 0 aromatic heterocycles. The van der Waals surface area contributed by atoms with Crippen molar-refractivity contribution in [3.8, 4) is 11.1 Å². The summed E-state index contributed by atoms with van der Waals surface area (Å²) in [6, 6.07) is 38.8. The van der Waals surface area contributed by atoms with Gasteiger partial charge < -0.3 is 4.90 Å². The van der Waals surface area contributed by atoms with Gasteiger partial charge in [-0.05, 0) is 33.9 Å². The Labute approximate surface area is 165 Å². The van der Waals surface area contributed by atoms with E-state index in [4.69, 9.17) is 0 Å². The second-order valence-corrected chi connectivity index (χ2v) is 7.10. The van der Waals surface area contributed by atoms with Crippen molar-refractivity contribution in [1.82, 2.24) is 0 Å². The summed E-state index contributed by atoms with van der Waals surface area (Å²) in [5.41, 5.74) is 4.89. The number of hydrogen-bond donors (Lipinski definition) is 0. The van der Waals surface area contributed by atoms with E-state index in [0.29, 0.717) is 0 Å². The van der Waals surface area contributed by atoms with Crippen LogP contribution < -0.4 is 4.90 Å². The molecule has 0 fully saturated rings. The minimum Gasteiger partial charge on any atom is -0.344 e. The summed E-state index contributed by atoms with van der Waals surface area (Å²) < 4.78 is 0. The van der Waals surface area contributed by atoms with E-state index in [9.17, 15) is 0 Å². The third-order valence-corrected chi connectivity index (χ3v) is 5.46. The highest BCUT2D eigenvalue weighted by molar-refractivity contribution is 6.13. The summed E-state index contributed by atoms with van der Waals surface area (Å²) in [6.07, 6.45) is 0. The highest BCUT2D eigenvalue weighted by atomic mass is 15.1. The van der Waals surface area contributed by atoms with Crippen molar-refractivity contribution >= 4 is 32.9 Å². The van der Waals surface area contributed by atoms with Crippen molar-refractivity contribution in [2.45, 2.75) is 0 Å². The Morgan fingerprint density at radius 3 is 1.93 bits per heavy atom. The molecule has 0 saturated heterocycles. The first-order chi connectivity index (χ1) is 13.8. The smallest absolute Gasteiger partial charge is 0.0494 e. The molecule has 0 atom stereocenters. The van der Waals surface area contributed by atoms with Crippen LogP contribution in [0.15, 0.2) is 109 Å². The molecule has 1 heteroatoms. The summed E-state index contributed by atoms with van der Waals surface area (Å²) in [7, 11) is 2.16. The SMILES string of the molecule is CN(c1ccccc1-c1ccccc1)c1cc2ccccc2c2ccccc12. The molecule has 0 bridgehead atoms. The summed E-state index contributed by atoms with van der Waals surface area (Å²) in [4.78, 5) is 2.32. The molecule has 0 aliphatic rings. The van der Waals surface area contributed by atoms with Crippen LogP contribution in [0.4, 0.5) is 11.4 Å². The molecule has 0 heterocycles. The number of benzene rings is 5. The van der Waals surface area contributed by atoms with E-state index < -0.39 is 0 Å². The molecule has 5 aromatic carbocycles. The fraction of sp³-hybridized carbons (Fsp3) is 0.0370. The van der Waals surface area contributed by atoms with Gasteiger partial charge in [-0.2, -0.15) is 0 Å². The molecule has 1 nitrogen and oxygen atoms in total. The molecular formula is C27H21N. The zero-order valence-corrected chi connectivity index (χ0v) is 15.8. The van der Waals surface area contributed by atoms with E-state index in [1.165, 1.54) is 44.0 Å². The van der Waals surface area contributed by atoms with Gasteiger partial charge >= 0.3 is 0 Å². The van der Waals surface area contributed by atoms with Gasteiger partial charge in [-0.1, -0.05) is 97.1 Å². The molecule has 0 N–H and O–H groups in total. The van der Waals surface area contributed by atoms with Gasteiger partial charge in [0.05, 0.1) is 0 Å². The van der Waals surface area contributed by atoms with E-state index in [-0.39, 0.29) is 0 Å². The van der Waals surface area contributed by atoms with Crippen LogP contribution >= 0.6 is 0 Å². The third-order valence-electron chi connectivity index (χ3n) is 5.46. The quantitative estimate of drug-likeness (QED) is 0.303. The molecule has 28 heavy (non-hydrogen) atoms. The highest BCUT2D eigenvalue weighted by Crippen LogP contribution is 2.39. The molecule has 0 saturated carbocycles. The zero-order chi connectivity index (χ0) is 18.9. The third kappa shape index (κ3) is 2.73. The van der Waals surface area contributed by atoms with Crippen LogP contribution in [0, 0.1) is 0 Å². The first kappa shape index (κ1) is 16.6. The van der Waals surface area contributed by atoms with Gasteiger partial charge in [-0.15, -0.1) is 0 Å². The topological polar surface area (TPSA) is 3.24 Å². The van der Waals surface area contributed by atoms with E-state index in [1.54, 1.807) is 0 Å². The fourth-order valence-corrected chi connectivity index (χ4v) is 4.07. The van der Waals surface area contributed by atoms with E-state index in [1.807, 2.05) is 0 Å². The van der Waals surface area contributed by atoms with Crippen molar-refractivity contribution in [3.63, 3.8) is 0 Å². The second kappa shape index (κ2) is 6.86. The Morgan fingerprint density at radius 2 is 1.11 bits per heavy atom. The van der Waals surface area contributed by atoms with E-state index in [0.717, 1.165) is 0 Å². The molecule has 0 aliphatic carbocycles. The molecule has 0 spiro atoms. The number of para-hydroxylation sites is 1. The average Bonchev–Trinajstić information content (AvgIpc) is 2.78. The van der Waals surface area contributed by atoms with E-state index in [2.05, 4.69) is 121 Å². The van der Waals surface area contributed by atoms with Crippen LogP contribution in [-0.2, 0) is 0 Å². The largest absolute Gasteiger partial charge is 0.344 e. The minimum absolute atomic E-state index is 1.20. The maximum absolute atomic E-state index is 2.32. The van der Waals surface area contributed by atoms with E-state index >= 15 is 0 Å². The summed E-state index contributed by atoms with van der Waals surface area (Å²) >= 11 is 0.